The molecule has 0 bridgehead atoms. The van der Waals surface area contributed by atoms with E-state index < -0.39 is 35.5 Å². The molecule has 1 unspecified atom stereocenters. The van der Waals surface area contributed by atoms with Crippen molar-refractivity contribution in [2.45, 2.75) is 18.5 Å². The Labute approximate surface area is 102 Å². The maximum Gasteiger partial charge on any atom is 0.452 e. The molecular weight excluding hydrogens is 278 g/mol. The van der Waals surface area contributed by atoms with Crippen LogP contribution in [0.15, 0.2) is 35.8 Å². The van der Waals surface area contributed by atoms with Gasteiger partial charge in [0.05, 0.1) is 5.56 Å². The molecule has 0 spiro atoms. The fourth-order valence-corrected chi connectivity index (χ4v) is 1.48. The van der Waals surface area contributed by atoms with E-state index in [-0.39, 0.29) is 5.56 Å². The van der Waals surface area contributed by atoms with E-state index in [1.165, 1.54) is 0 Å². The van der Waals surface area contributed by atoms with E-state index in [2.05, 4.69) is 4.74 Å². The Morgan fingerprint density at radius 1 is 1.00 bits per heavy atom. The van der Waals surface area contributed by atoms with Crippen molar-refractivity contribution in [3.05, 3.63) is 46.9 Å². The van der Waals surface area contributed by atoms with Crippen molar-refractivity contribution in [3.8, 4) is 0 Å². The quantitative estimate of drug-likeness (QED) is 0.478. The molecule has 1 N–H and O–H groups in total. The molecule has 0 aliphatic carbocycles. The summed E-state index contributed by atoms with van der Waals surface area (Å²) in [6.07, 6.45) is -10.6. The second-order valence-corrected chi connectivity index (χ2v) is 3.83. The lowest BCUT2D eigenvalue weighted by Gasteiger charge is -2.06. The maximum atomic E-state index is 12.3. The topological polar surface area (TPSA) is 32.8 Å². The summed E-state index contributed by atoms with van der Waals surface area (Å²) in [7, 11) is 0. The van der Waals surface area contributed by atoms with Crippen LogP contribution in [0.5, 0.6) is 0 Å². The fourth-order valence-electron chi connectivity index (χ4n) is 1.48. The van der Waals surface area contributed by atoms with E-state index in [1.54, 1.807) is 0 Å². The van der Waals surface area contributed by atoms with Gasteiger partial charge in [0, 0.05) is 5.56 Å². The maximum absolute atomic E-state index is 12.3. The number of allylic oxidation sites excluding steroid dienone is 1. The van der Waals surface area contributed by atoms with Crippen LogP contribution in [0.4, 0.5) is 26.3 Å². The van der Waals surface area contributed by atoms with Gasteiger partial charge in [-0.15, -0.1) is 0 Å². The summed E-state index contributed by atoms with van der Waals surface area (Å²) >= 11 is 0. The monoisotopic (exact) mass is 284 g/mol. The highest BCUT2D eigenvalue weighted by Gasteiger charge is 2.48. The summed E-state index contributed by atoms with van der Waals surface area (Å²) < 4.78 is 77.7. The standard InChI is InChI=1S/C11H6F6O2/c12-10(13,14)6-3-1-5(2-4-6)7-8(19-7)9(18)11(15,16)17/h1-4,7,18H/b9-8-. The molecule has 1 aliphatic heterocycles. The Morgan fingerprint density at radius 3 is 1.95 bits per heavy atom. The van der Waals surface area contributed by atoms with Gasteiger partial charge in [-0.05, 0) is 12.1 Å². The van der Waals surface area contributed by atoms with Gasteiger partial charge in [0.25, 0.3) is 0 Å². The number of alkyl halides is 6. The molecule has 1 saturated heterocycles. The van der Waals surface area contributed by atoms with Crippen LogP contribution in [0.1, 0.15) is 17.2 Å². The van der Waals surface area contributed by atoms with Crippen LogP contribution in [-0.4, -0.2) is 11.3 Å². The second-order valence-electron chi connectivity index (χ2n) is 3.83. The highest BCUT2D eigenvalue weighted by Crippen LogP contribution is 2.47. The molecule has 8 heteroatoms. The number of hydrogen-bond donors (Lipinski definition) is 1. The summed E-state index contributed by atoms with van der Waals surface area (Å²) in [6, 6.07) is 3.48. The minimum Gasteiger partial charge on any atom is -0.502 e. The van der Waals surface area contributed by atoms with Crippen LogP contribution in [0.25, 0.3) is 0 Å². The number of ether oxygens (including phenoxy) is 1. The van der Waals surface area contributed by atoms with Crippen LogP contribution in [0, 0.1) is 0 Å². The molecule has 2 nitrogen and oxygen atoms in total. The molecule has 0 amide bonds. The minimum absolute atomic E-state index is 0.110. The first kappa shape index (κ1) is 13.6. The molecule has 1 heterocycles. The van der Waals surface area contributed by atoms with Gasteiger partial charge in [0.1, 0.15) is 0 Å². The van der Waals surface area contributed by atoms with Crippen LogP contribution in [0.3, 0.4) is 0 Å². The summed E-state index contributed by atoms with van der Waals surface area (Å²) in [5.41, 5.74) is -0.804. The second kappa shape index (κ2) is 4.07. The zero-order valence-corrected chi connectivity index (χ0v) is 9.01. The molecule has 0 aromatic heterocycles. The van der Waals surface area contributed by atoms with E-state index in [4.69, 9.17) is 5.11 Å². The molecule has 1 fully saturated rings. The van der Waals surface area contributed by atoms with Gasteiger partial charge in [0.15, 0.2) is 11.9 Å². The molecule has 0 saturated carbocycles. The molecule has 0 radical (unpaired) electrons. The van der Waals surface area contributed by atoms with Crippen molar-refractivity contribution >= 4 is 0 Å². The Kier molecular flexibility index (Phi) is 2.91. The SMILES string of the molecule is O/C(=C1\OC1c1ccc(C(F)(F)F)cc1)C(F)(F)F. The number of aliphatic hydroxyl groups is 1. The van der Waals surface area contributed by atoms with Crippen LogP contribution in [0.2, 0.25) is 0 Å². The Bertz CT molecular complexity index is 511. The van der Waals surface area contributed by atoms with Crippen molar-refractivity contribution in [2.75, 3.05) is 0 Å². The third-order valence-electron chi connectivity index (χ3n) is 2.47. The van der Waals surface area contributed by atoms with Gasteiger partial charge >= 0.3 is 12.4 Å². The molecule has 1 aliphatic rings. The first-order valence-electron chi connectivity index (χ1n) is 4.95. The van der Waals surface area contributed by atoms with E-state index in [9.17, 15) is 26.3 Å². The zero-order chi connectivity index (χ0) is 14.4. The summed E-state index contributed by atoms with van der Waals surface area (Å²) in [5, 5.41) is 8.79. The minimum atomic E-state index is -4.93. The van der Waals surface area contributed by atoms with Gasteiger partial charge in [-0.25, -0.2) is 0 Å². The number of halogens is 6. The van der Waals surface area contributed by atoms with E-state index >= 15 is 0 Å². The lowest BCUT2D eigenvalue weighted by molar-refractivity contribution is -0.137. The van der Waals surface area contributed by atoms with E-state index in [0.29, 0.717) is 0 Å². The number of epoxide rings is 1. The first-order chi connectivity index (χ1) is 8.60. The predicted molar refractivity (Wildman–Crippen MR) is 51.0 cm³/mol. The lowest BCUT2D eigenvalue weighted by Crippen LogP contribution is -2.11. The van der Waals surface area contributed by atoms with Crippen LogP contribution in [-0.2, 0) is 10.9 Å². The smallest absolute Gasteiger partial charge is 0.452 e. The first-order valence-corrected chi connectivity index (χ1v) is 4.95. The summed E-state index contributed by atoms with van der Waals surface area (Å²) in [5.74, 6) is -2.55. The third kappa shape index (κ3) is 2.77. The van der Waals surface area contributed by atoms with Crippen molar-refractivity contribution < 1.29 is 36.2 Å². The third-order valence-corrected chi connectivity index (χ3v) is 2.47. The van der Waals surface area contributed by atoms with Gasteiger partial charge < -0.3 is 9.84 Å². The normalized spacial score (nSPS) is 21.9. The number of hydrogen-bond acceptors (Lipinski definition) is 2. The highest BCUT2D eigenvalue weighted by molar-refractivity contribution is 5.36. The molecule has 1 aromatic carbocycles. The van der Waals surface area contributed by atoms with Crippen molar-refractivity contribution in [3.63, 3.8) is 0 Å². The largest absolute Gasteiger partial charge is 0.502 e. The Morgan fingerprint density at radius 2 is 1.53 bits per heavy atom. The molecular formula is C11H6F6O2. The van der Waals surface area contributed by atoms with Crippen molar-refractivity contribution in [2.24, 2.45) is 0 Å². The fraction of sp³-hybridized carbons (Fsp3) is 0.273. The van der Waals surface area contributed by atoms with Gasteiger partial charge in [-0.2, -0.15) is 26.3 Å². The summed E-state index contributed by atoms with van der Waals surface area (Å²) in [4.78, 5) is 0. The number of aliphatic hydroxyl groups excluding tert-OH is 1. The van der Waals surface area contributed by atoms with Crippen molar-refractivity contribution in [1.29, 1.82) is 0 Å². The lowest BCUT2D eigenvalue weighted by atomic mass is 10.1. The molecule has 1 atom stereocenters. The number of benzene rings is 1. The molecule has 1 aromatic rings. The molecule has 104 valence electrons. The zero-order valence-electron chi connectivity index (χ0n) is 9.01. The van der Waals surface area contributed by atoms with Crippen LogP contribution < -0.4 is 0 Å². The van der Waals surface area contributed by atoms with Crippen LogP contribution >= 0.6 is 0 Å². The Balaban J connectivity index is 2.19. The number of rotatable bonds is 1. The summed E-state index contributed by atoms with van der Waals surface area (Å²) in [6.45, 7) is 0. The average Bonchev–Trinajstić information content (AvgIpc) is 3.05. The Hall–Kier alpha value is -1.86. The average molecular weight is 284 g/mol. The van der Waals surface area contributed by atoms with E-state index in [0.717, 1.165) is 24.3 Å². The van der Waals surface area contributed by atoms with Gasteiger partial charge in [-0.1, -0.05) is 12.1 Å². The van der Waals surface area contributed by atoms with Gasteiger partial charge in [-0.3, -0.25) is 0 Å². The van der Waals surface area contributed by atoms with E-state index in [1.807, 2.05) is 0 Å². The predicted octanol–water partition coefficient (Wildman–Crippen LogP) is 4.11. The van der Waals surface area contributed by atoms with Crippen molar-refractivity contribution in [1.82, 2.24) is 0 Å². The van der Waals surface area contributed by atoms with Gasteiger partial charge in [0.2, 0.25) is 5.76 Å². The molecule has 2 rings (SSSR count). The molecule has 19 heavy (non-hydrogen) atoms. The highest BCUT2D eigenvalue weighted by atomic mass is 19.4.